The molecule has 5 rings (SSSR count). The Kier molecular flexibility index (Phi) is 6.84. The summed E-state index contributed by atoms with van der Waals surface area (Å²) in [6.45, 7) is 8.04. The van der Waals surface area contributed by atoms with E-state index >= 15 is 0 Å². The van der Waals surface area contributed by atoms with Gasteiger partial charge >= 0.3 is 0 Å². The van der Waals surface area contributed by atoms with E-state index in [1.165, 1.54) is 5.56 Å². The predicted octanol–water partition coefficient (Wildman–Crippen LogP) is 4.44. The summed E-state index contributed by atoms with van der Waals surface area (Å²) in [5, 5.41) is 8.66. The van der Waals surface area contributed by atoms with Crippen molar-refractivity contribution in [2.45, 2.75) is 46.3 Å². The number of piperidine rings is 1. The molecule has 36 heavy (non-hydrogen) atoms. The van der Waals surface area contributed by atoms with Crippen molar-refractivity contribution in [3.05, 3.63) is 72.2 Å². The molecule has 4 aromatic rings. The Morgan fingerprint density at radius 1 is 1.11 bits per heavy atom. The molecule has 8 heteroatoms. The zero-order valence-electron chi connectivity index (χ0n) is 21.0. The molecule has 3 heterocycles. The van der Waals surface area contributed by atoms with Crippen LogP contribution >= 0.6 is 0 Å². The summed E-state index contributed by atoms with van der Waals surface area (Å²) < 4.78 is 7.54. The average molecular weight is 485 g/mol. The minimum atomic E-state index is -0.0977. The second-order valence-electron chi connectivity index (χ2n) is 9.66. The van der Waals surface area contributed by atoms with Crippen LogP contribution in [0.15, 0.2) is 61.1 Å². The largest absolute Gasteiger partial charge is 0.491 e. The van der Waals surface area contributed by atoms with Gasteiger partial charge in [0.25, 0.3) is 0 Å². The third kappa shape index (κ3) is 5.32. The predicted molar refractivity (Wildman–Crippen MR) is 140 cm³/mol. The zero-order chi connectivity index (χ0) is 25.1. The number of benzene rings is 2. The van der Waals surface area contributed by atoms with E-state index in [9.17, 15) is 4.79 Å². The van der Waals surface area contributed by atoms with Gasteiger partial charge in [0.15, 0.2) is 5.65 Å². The third-order valence-electron chi connectivity index (χ3n) is 6.45. The summed E-state index contributed by atoms with van der Waals surface area (Å²) >= 11 is 0. The number of aryl methyl sites for hydroxylation is 1. The van der Waals surface area contributed by atoms with Crippen LogP contribution < -0.4 is 15.0 Å². The molecule has 2 aromatic carbocycles. The van der Waals surface area contributed by atoms with Gasteiger partial charge < -0.3 is 15.0 Å². The quantitative estimate of drug-likeness (QED) is 0.417. The van der Waals surface area contributed by atoms with Crippen molar-refractivity contribution in [1.82, 2.24) is 25.1 Å². The number of nitrogens with zero attached hydrogens (tertiary/aromatic N) is 5. The molecule has 0 spiro atoms. The number of amides is 1. The summed E-state index contributed by atoms with van der Waals surface area (Å²) in [4.78, 5) is 24.2. The number of hydrogen-bond donors (Lipinski definition) is 1. The van der Waals surface area contributed by atoms with E-state index in [0.29, 0.717) is 18.7 Å². The lowest BCUT2D eigenvalue weighted by atomic mass is 9.97. The molecule has 1 saturated heterocycles. The van der Waals surface area contributed by atoms with Gasteiger partial charge in [0.1, 0.15) is 17.9 Å². The fourth-order valence-electron chi connectivity index (χ4n) is 4.58. The topological polar surface area (TPSA) is 85.2 Å². The molecule has 1 fully saturated rings. The van der Waals surface area contributed by atoms with Crippen LogP contribution in [0.3, 0.4) is 0 Å². The van der Waals surface area contributed by atoms with Crippen molar-refractivity contribution in [3.63, 3.8) is 0 Å². The molecular formula is C28H32N6O2. The number of rotatable bonds is 7. The number of nitrogens with one attached hydrogen (secondary N) is 1. The second kappa shape index (κ2) is 10.4. The van der Waals surface area contributed by atoms with Crippen LogP contribution in [0.5, 0.6) is 5.75 Å². The molecule has 8 nitrogen and oxygen atoms in total. The molecule has 1 aliphatic heterocycles. The third-order valence-corrected chi connectivity index (χ3v) is 6.45. The smallest absolute Gasteiger partial charge is 0.225 e. The standard InChI is InChI=1S/C28H32N6O2/c1-19(2)36-24-12-8-21(9-13-24)15-29-28(35)22-5-4-14-33(16-22)27-25-17-34(32-26(25)30-18-31-27)23-10-6-20(3)7-11-23/h6-13,17-19,22H,4-5,14-16H2,1-3H3,(H,29,35)/t22-/m0/s1. The number of aromatic nitrogens is 4. The highest BCUT2D eigenvalue weighted by Gasteiger charge is 2.28. The minimum absolute atomic E-state index is 0.0721. The fourth-order valence-corrected chi connectivity index (χ4v) is 4.58. The lowest BCUT2D eigenvalue weighted by Crippen LogP contribution is -2.43. The first-order valence-corrected chi connectivity index (χ1v) is 12.5. The van der Waals surface area contributed by atoms with Gasteiger partial charge in [-0.3, -0.25) is 4.79 Å². The van der Waals surface area contributed by atoms with E-state index in [4.69, 9.17) is 4.74 Å². The van der Waals surface area contributed by atoms with Crippen LogP contribution in [-0.2, 0) is 11.3 Å². The van der Waals surface area contributed by atoms with Gasteiger partial charge in [-0.15, -0.1) is 5.10 Å². The van der Waals surface area contributed by atoms with Gasteiger partial charge in [-0.05, 0) is 63.4 Å². The van der Waals surface area contributed by atoms with E-state index in [0.717, 1.165) is 47.6 Å². The minimum Gasteiger partial charge on any atom is -0.491 e. The number of ether oxygens (including phenoxy) is 1. The van der Waals surface area contributed by atoms with Crippen LogP contribution in [0.4, 0.5) is 5.82 Å². The average Bonchev–Trinajstić information content (AvgIpc) is 3.33. The Morgan fingerprint density at radius 2 is 1.89 bits per heavy atom. The highest BCUT2D eigenvalue weighted by atomic mass is 16.5. The first kappa shape index (κ1) is 23.8. The van der Waals surface area contributed by atoms with Gasteiger partial charge in [-0.1, -0.05) is 29.8 Å². The Morgan fingerprint density at radius 3 is 2.64 bits per heavy atom. The van der Waals surface area contributed by atoms with E-state index in [1.807, 2.05) is 61.1 Å². The van der Waals surface area contributed by atoms with Gasteiger partial charge in [0.05, 0.1) is 23.1 Å². The monoisotopic (exact) mass is 484 g/mol. The highest BCUT2D eigenvalue weighted by Crippen LogP contribution is 2.28. The first-order chi connectivity index (χ1) is 17.5. The van der Waals surface area contributed by atoms with Crippen LogP contribution in [0.25, 0.3) is 16.7 Å². The van der Waals surface area contributed by atoms with Crippen LogP contribution in [0.1, 0.15) is 37.8 Å². The first-order valence-electron chi connectivity index (χ1n) is 12.5. The van der Waals surface area contributed by atoms with Gasteiger partial charge in [0.2, 0.25) is 5.91 Å². The van der Waals surface area contributed by atoms with Crippen molar-refractivity contribution in [2.24, 2.45) is 5.92 Å². The maximum atomic E-state index is 13.0. The lowest BCUT2D eigenvalue weighted by molar-refractivity contribution is -0.125. The van der Waals surface area contributed by atoms with E-state index in [2.05, 4.69) is 44.3 Å². The van der Waals surface area contributed by atoms with Gasteiger partial charge in [0, 0.05) is 25.8 Å². The van der Waals surface area contributed by atoms with Crippen molar-refractivity contribution in [1.29, 1.82) is 0 Å². The van der Waals surface area contributed by atoms with Gasteiger partial charge in [-0.25, -0.2) is 14.6 Å². The molecule has 186 valence electrons. The van der Waals surface area contributed by atoms with Crippen LogP contribution in [-0.4, -0.2) is 44.8 Å². The Hall–Kier alpha value is -3.94. The molecular weight excluding hydrogens is 452 g/mol. The highest BCUT2D eigenvalue weighted by molar-refractivity contribution is 5.87. The van der Waals surface area contributed by atoms with Crippen molar-refractivity contribution < 1.29 is 9.53 Å². The number of anilines is 1. The fraction of sp³-hybridized carbons (Fsp3) is 0.357. The van der Waals surface area contributed by atoms with E-state index in [-0.39, 0.29) is 17.9 Å². The molecule has 0 bridgehead atoms. The van der Waals surface area contributed by atoms with Crippen molar-refractivity contribution in [3.8, 4) is 11.4 Å². The van der Waals surface area contributed by atoms with Crippen molar-refractivity contribution in [2.75, 3.05) is 18.0 Å². The lowest BCUT2D eigenvalue weighted by Gasteiger charge is -2.33. The second-order valence-corrected chi connectivity index (χ2v) is 9.66. The van der Waals surface area contributed by atoms with Crippen molar-refractivity contribution >= 4 is 22.8 Å². The molecule has 0 radical (unpaired) electrons. The molecule has 1 atom stereocenters. The molecule has 1 N–H and O–H groups in total. The molecule has 0 aliphatic carbocycles. The Bertz CT molecular complexity index is 1330. The maximum absolute atomic E-state index is 13.0. The van der Waals surface area contributed by atoms with Gasteiger partial charge in [-0.2, -0.15) is 0 Å². The maximum Gasteiger partial charge on any atom is 0.225 e. The number of hydrogen-bond acceptors (Lipinski definition) is 6. The van der Waals surface area contributed by atoms with Crippen LogP contribution in [0.2, 0.25) is 0 Å². The SMILES string of the molecule is Cc1ccc(-n2cc3c(N4CCC[C@H](C(=O)NCc5ccc(OC(C)C)cc5)C4)ncnc3n2)cc1. The summed E-state index contributed by atoms with van der Waals surface area (Å²) in [5.74, 6) is 1.64. The molecule has 2 aromatic heterocycles. The van der Waals surface area contributed by atoms with Crippen LogP contribution in [0, 0.1) is 12.8 Å². The summed E-state index contributed by atoms with van der Waals surface area (Å²) in [6, 6.07) is 16.1. The summed E-state index contributed by atoms with van der Waals surface area (Å²) in [7, 11) is 0. The summed E-state index contributed by atoms with van der Waals surface area (Å²) in [5.41, 5.74) is 3.88. The molecule has 1 aliphatic rings. The normalized spacial score (nSPS) is 15.9. The molecule has 0 saturated carbocycles. The van der Waals surface area contributed by atoms with E-state index < -0.39 is 0 Å². The van der Waals surface area contributed by atoms with E-state index in [1.54, 1.807) is 6.33 Å². The summed E-state index contributed by atoms with van der Waals surface area (Å²) in [6.07, 6.45) is 5.46. The number of carbonyl (C=O) groups is 1. The zero-order valence-corrected chi connectivity index (χ0v) is 21.0. The number of carbonyl (C=O) groups excluding carboxylic acids is 1. The Labute approximate surface area is 211 Å². The number of fused-ring (bicyclic) bond motifs is 1. The Balaban J connectivity index is 1.26. The molecule has 1 amide bonds. The molecule has 0 unspecified atom stereocenters.